The van der Waals surface area contributed by atoms with E-state index in [1.54, 1.807) is 13.8 Å². The van der Waals surface area contributed by atoms with Crippen LogP contribution in [-0.4, -0.2) is 42.8 Å². The van der Waals surface area contributed by atoms with E-state index < -0.39 is 0 Å². The molecule has 0 fully saturated rings. The van der Waals surface area contributed by atoms with Gasteiger partial charge in [-0.15, -0.1) is 0 Å². The summed E-state index contributed by atoms with van der Waals surface area (Å²) in [6, 6.07) is 0.292. The van der Waals surface area contributed by atoms with Gasteiger partial charge in [-0.25, -0.2) is 6.57 Å². The molecule has 2 unspecified atom stereocenters. The Morgan fingerprint density at radius 3 is 1.20 bits per heavy atom. The molecule has 0 aromatic rings. The molecule has 0 saturated heterocycles. The average Bonchev–Trinajstić information content (AvgIpc) is 2.65. The van der Waals surface area contributed by atoms with Gasteiger partial charge in [-0.1, -0.05) is 67.7 Å². The van der Waals surface area contributed by atoms with Crippen LogP contribution in [0, 0.1) is 12.5 Å². The summed E-state index contributed by atoms with van der Waals surface area (Å²) < 4.78 is 0. The Balaban J connectivity index is -0.0000000471. The molecule has 0 aliphatic carbocycles. The van der Waals surface area contributed by atoms with Gasteiger partial charge in [0.15, 0.2) is 0 Å². The van der Waals surface area contributed by atoms with Gasteiger partial charge in [0.25, 0.3) is 0 Å². The lowest BCUT2D eigenvalue weighted by Gasteiger charge is -2.07. The molecule has 0 aromatic carbocycles. The zero-order valence-electron chi connectivity index (χ0n) is 21.7. The minimum Gasteiger partial charge on any atom is -0.314 e. The van der Waals surface area contributed by atoms with E-state index in [0.717, 1.165) is 51.4 Å². The maximum atomic E-state index is 10.8. The molecule has 0 amide bonds. The van der Waals surface area contributed by atoms with Crippen LogP contribution in [0.1, 0.15) is 127 Å². The van der Waals surface area contributed by atoms with Crippen molar-refractivity contribution < 1.29 is 9.59 Å². The molecule has 0 aromatic heterocycles. The fraction of sp³-hybridized carbons (Fsp3) is 0.875. The molecule has 0 spiro atoms. The number of nitrogens with zero attached hydrogens (tertiary/aromatic N) is 1. The standard InChI is InChI=1S/C8H16O.C7H13N.C5H10O.C4H10.3B/c1-4-6-8(5-2)7(3)9;1-4-6-7(5-2)8-3;1-3-4-5(2)6;1-3-4-2;;;/h8H,4-6H2,1-3H3;7H,4-6H2,1-2H3;3-4H2,1-2H3;3-4H2,1-2H3;;;. The first-order chi connectivity index (χ1) is 12.7. The van der Waals surface area contributed by atoms with E-state index in [2.05, 4.69) is 46.4 Å². The molecule has 0 N–H and O–H groups in total. The molecule has 171 valence electrons. The zero-order chi connectivity index (χ0) is 22.1. The van der Waals surface area contributed by atoms with Gasteiger partial charge in [0.2, 0.25) is 6.04 Å². The van der Waals surface area contributed by atoms with Crippen molar-refractivity contribution in [2.45, 2.75) is 133 Å². The van der Waals surface area contributed by atoms with Gasteiger partial charge in [0, 0.05) is 50.4 Å². The second-order valence-corrected chi connectivity index (χ2v) is 6.94. The Morgan fingerprint density at radius 1 is 0.700 bits per heavy atom. The van der Waals surface area contributed by atoms with E-state index in [1.807, 2.05) is 6.92 Å². The second kappa shape index (κ2) is 42.2. The topological polar surface area (TPSA) is 38.5 Å². The third-order valence-electron chi connectivity index (χ3n) is 4.08. The van der Waals surface area contributed by atoms with Crippen molar-refractivity contribution in [3.05, 3.63) is 11.4 Å². The third-order valence-corrected chi connectivity index (χ3v) is 4.08. The number of ketones is 2. The van der Waals surface area contributed by atoms with Crippen molar-refractivity contribution >= 4 is 36.8 Å². The summed E-state index contributed by atoms with van der Waals surface area (Å²) in [4.78, 5) is 24.3. The highest BCUT2D eigenvalue weighted by Crippen LogP contribution is 2.10. The van der Waals surface area contributed by atoms with Crippen LogP contribution in [0.5, 0.6) is 0 Å². The van der Waals surface area contributed by atoms with Crippen molar-refractivity contribution in [1.82, 2.24) is 0 Å². The van der Waals surface area contributed by atoms with E-state index in [-0.39, 0.29) is 31.0 Å². The molecular formula is C24H49B3NO2. The van der Waals surface area contributed by atoms with Crippen LogP contribution in [-0.2, 0) is 9.59 Å². The second-order valence-electron chi connectivity index (χ2n) is 6.94. The lowest BCUT2D eigenvalue weighted by Crippen LogP contribution is -2.08. The maximum absolute atomic E-state index is 10.8. The minimum absolute atomic E-state index is 0. The van der Waals surface area contributed by atoms with Crippen LogP contribution >= 0.6 is 0 Å². The number of carbonyl (C=O) groups is 2. The fourth-order valence-electron chi connectivity index (χ4n) is 2.09. The Morgan fingerprint density at radius 2 is 1.13 bits per heavy atom. The summed E-state index contributed by atoms with van der Waals surface area (Å²) in [5.74, 6) is 0.965. The van der Waals surface area contributed by atoms with Crippen molar-refractivity contribution in [3.8, 4) is 0 Å². The normalized spacial score (nSPS) is 10.0. The third kappa shape index (κ3) is 50.6. The summed E-state index contributed by atoms with van der Waals surface area (Å²) in [6.07, 6.45) is 10.8. The fourth-order valence-corrected chi connectivity index (χ4v) is 2.09. The molecule has 6 heteroatoms. The Bertz CT molecular complexity index is 357. The number of carbonyl (C=O) groups excluding carboxylic acids is 2. The predicted octanol–water partition coefficient (Wildman–Crippen LogP) is 6.93. The Labute approximate surface area is 196 Å². The highest BCUT2D eigenvalue weighted by Gasteiger charge is 2.08. The van der Waals surface area contributed by atoms with E-state index in [1.165, 1.54) is 12.8 Å². The smallest absolute Gasteiger partial charge is 0.223 e. The monoisotopic (exact) mass is 416 g/mol. The number of rotatable bonds is 10. The molecule has 0 bridgehead atoms. The minimum atomic E-state index is 0. The number of hydrogen-bond acceptors (Lipinski definition) is 2. The Hall–Kier alpha value is -0.975. The van der Waals surface area contributed by atoms with E-state index in [9.17, 15) is 9.59 Å². The van der Waals surface area contributed by atoms with Crippen molar-refractivity contribution in [1.29, 1.82) is 0 Å². The van der Waals surface area contributed by atoms with E-state index in [4.69, 9.17) is 6.57 Å². The van der Waals surface area contributed by atoms with Gasteiger partial charge in [0.1, 0.15) is 11.6 Å². The number of Topliss-reactive ketones (excluding diaryl/α,β-unsaturated/α-hetero) is 2. The van der Waals surface area contributed by atoms with Crippen LogP contribution in [0.15, 0.2) is 0 Å². The molecule has 2 atom stereocenters. The first-order valence-electron chi connectivity index (χ1n) is 11.1. The number of unbranched alkanes of at least 4 members (excludes halogenated alkanes) is 1. The van der Waals surface area contributed by atoms with Crippen molar-refractivity contribution in [2.24, 2.45) is 5.92 Å². The summed E-state index contributed by atoms with van der Waals surface area (Å²) in [7, 11) is 0. The average molecular weight is 416 g/mol. The first-order valence-corrected chi connectivity index (χ1v) is 11.1. The molecule has 0 rings (SSSR count). The quantitative estimate of drug-likeness (QED) is 0.286. The first kappa shape index (κ1) is 47.0. The van der Waals surface area contributed by atoms with Crippen LogP contribution < -0.4 is 0 Å². The van der Waals surface area contributed by atoms with Crippen LogP contribution in [0.3, 0.4) is 0 Å². The van der Waals surface area contributed by atoms with Crippen LogP contribution in [0.25, 0.3) is 4.85 Å². The van der Waals surface area contributed by atoms with Crippen LogP contribution in [0.2, 0.25) is 0 Å². The molecular weight excluding hydrogens is 367 g/mol. The lowest BCUT2D eigenvalue weighted by molar-refractivity contribution is -0.121. The van der Waals surface area contributed by atoms with Gasteiger partial charge in [0.05, 0.1) is 0 Å². The summed E-state index contributed by atoms with van der Waals surface area (Å²) in [5.41, 5.74) is 0. The van der Waals surface area contributed by atoms with Crippen molar-refractivity contribution in [2.75, 3.05) is 0 Å². The molecule has 0 heterocycles. The molecule has 0 aliphatic rings. The largest absolute Gasteiger partial charge is 0.314 e. The van der Waals surface area contributed by atoms with E-state index in [0.29, 0.717) is 17.7 Å². The summed E-state index contributed by atoms with van der Waals surface area (Å²) in [6.45, 7) is 24.7. The Kier molecular flexibility index (Phi) is 66.1. The summed E-state index contributed by atoms with van der Waals surface area (Å²) >= 11 is 0. The predicted molar refractivity (Wildman–Crippen MR) is 138 cm³/mol. The van der Waals surface area contributed by atoms with Gasteiger partial charge in [-0.05, 0) is 39.5 Å². The highest BCUT2D eigenvalue weighted by atomic mass is 16.1. The van der Waals surface area contributed by atoms with Gasteiger partial charge >= 0.3 is 0 Å². The lowest BCUT2D eigenvalue weighted by atomic mass is 9.97. The van der Waals surface area contributed by atoms with Gasteiger partial charge < -0.3 is 9.64 Å². The molecule has 3 nitrogen and oxygen atoms in total. The molecule has 30 heavy (non-hydrogen) atoms. The molecule has 9 radical (unpaired) electrons. The van der Waals surface area contributed by atoms with Crippen LogP contribution in [0.4, 0.5) is 0 Å². The van der Waals surface area contributed by atoms with Gasteiger partial charge in [-0.2, -0.15) is 0 Å². The highest BCUT2D eigenvalue weighted by molar-refractivity contribution is 5.78. The molecule has 0 saturated carbocycles. The van der Waals surface area contributed by atoms with E-state index >= 15 is 0 Å². The SMILES string of the molecule is CCCC.CCCC(C)=O.CCCC(CC)C(C)=O.[B].[B].[B].[C-]#[N+]C(CC)CCC. The number of hydrogen-bond donors (Lipinski definition) is 0. The molecule has 0 aliphatic heterocycles. The maximum Gasteiger partial charge on any atom is 0.223 e. The zero-order valence-corrected chi connectivity index (χ0v) is 21.7. The van der Waals surface area contributed by atoms with Gasteiger partial charge in [-0.3, -0.25) is 4.79 Å². The van der Waals surface area contributed by atoms with Crippen molar-refractivity contribution in [3.63, 3.8) is 0 Å². The summed E-state index contributed by atoms with van der Waals surface area (Å²) in [5, 5.41) is 0.